The van der Waals surface area contributed by atoms with Gasteiger partial charge in [0.15, 0.2) is 0 Å². The van der Waals surface area contributed by atoms with Gasteiger partial charge in [0.25, 0.3) is 0 Å². The minimum absolute atomic E-state index is 0.681. The number of aryl methyl sites for hydroxylation is 1. The first-order valence-corrected chi connectivity index (χ1v) is 4.62. The van der Waals surface area contributed by atoms with Crippen molar-refractivity contribution in [2.75, 3.05) is 5.73 Å². The van der Waals surface area contributed by atoms with Crippen molar-refractivity contribution < 1.29 is 0 Å². The largest absolute Gasteiger partial charge is 0.399 e. The van der Waals surface area contributed by atoms with Crippen molar-refractivity contribution in [3.8, 4) is 0 Å². The second-order valence-electron chi connectivity index (χ2n) is 3.50. The SMILES string of the molecule is Cc1cc(Cl)c(C2CC2)cc1N. The fourth-order valence-electron chi connectivity index (χ4n) is 1.41. The van der Waals surface area contributed by atoms with Crippen LogP contribution in [0.25, 0.3) is 0 Å². The average molecular weight is 182 g/mol. The number of rotatable bonds is 1. The first-order valence-electron chi connectivity index (χ1n) is 4.24. The summed E-state index contributed by atoms with van der Waals surface area (Å²) < 4.78 is 0. The topological polar surface area (TPSA) is 26.0 Å². The van der Waals surface area contributed by atoms with Crippen molar-refractivity contribution in [1.82, 2.24) is 0 Å². The molecule has 1 nitrogen and oxygen atoms in total. The molecule has 0 radical (unpaired) electrons. The summed E-state index contributed by atoms with van der Waals surface area (Å²) in [7, 11) is 0. The third kappa shape index (κ3) is 1.29. The van der Waals surface area contributed by atoms with Gasteiger partial charge in [0.2, 0.25) is 0 Å². The third-order valence-electron chi connectivity index (χ3n) is 2.40. The standard InChI is InChI=1S/C10H12ClN/c1-6-4-9(11)8(5-10(6)12)7-2-3-7/h4-5,7H,2-3,12H2,1H3. The van der Waals surface area contributed by atoms with E-state index in [9.17, 15) is 0 Å². The highest BCUT2D eigenvalue weighted by Gasteiger charge is 2.26. The van der Waals surface area contributed by atoms with Crippen LogP contribution in [0.1, 0.15) is 29.9 Å². The lowest BCUT2D eigenvalue weighted by molar-refractivity contribution is 1.13. The highest BCUT2D eigenvalue weighted by molar-refractivity contribution is 6.31. The molecular weight excluding hydrogens is 170 g/mol. The highest BCUT2D eigenvalue weighted by atomic mass is 35.5. The molecule has 0 spiro atoms. The van der Waals surface area contributed by atoms with Gasteiger partial charge in [-0.1, -0.05) is 11.6 Å². The van der Waals surface area contributed by atoms with Gasteiger partial charge in [0.05, 0.1) is 0 Å². The van der Waals surface area contributed by atoms with Crippen LogP contribution in [0, 0.1) is 6.92 Å². The number of hydrogen-bond donors (Lipinski definition) is 1. The van der Waals surface area contributed by atoms with Crippen molar-refractivity contribution in [2.24, 2.45) is 0 Å². The minimum Gasteiger partial charge on any atom is -0.399 e. The summed E-state index contributed by atoms with van der Waals surface area (Å²) in [6, 6.07) is 3.99. The lowest BCUT2D eigenvalue weighted by Crippen LogP contribution is -1.92. The van der Waals surface area contributed by atoms with Crippen LogP contribution in [-0.4, -0.2) is 0 Å². The molecule has 0 heterocycles. The van der Waals surface area contributed by atoms with E-state index in [4.69, 9.17) is 17.3 Å². The van der Waals surface area contributed by atoms with Crippen molar-refractivity contribution in [1.29, 1.82) is 0 Å². The third-order valence-corrected chi connectivity index (χ3v) is 2.73. The summed E-state index contributed by atoms with van der Waals surface area (Å²) in [5, 5.41) is 0.879. The lowest BCUT2D eigenvalue weighted by Gasteiger charge is -2.06. The van der Waals surface area contributed by atoms with Crippen LogP contribution < -0.4 is 5.73 Å². The van der Waals surface area contributed by atoms with Gasteiger partial charge in [-0.3, -0.25) is 0 Å². The Morgan fingerprint density at radius 2 is 2.08 bits per heavy atom. The molecule has 12 heavy (non-hydrogen) atoms. The molecule has 0 bridgehead atoms. The maximum atomic E-state index is 6.08. The second kappa shape index (κ2) is 2.67. The number of halogens is 1. The Morgan fingerprint density at radius 1 is 1.42 bits per heavy atom. The Bertz CT molecular complexity index is 316. The van der Waals surface area contributed by atoms with E-state index in [-0.39, 0.29) is 0 Å². The molecule has 64 valence electrons. The Kier molecular flexibility index (Phi) is 1.76. The van der Waals surface area contributed by atoms with Gasteiger partial charge in [0.1, 0.15) is 0 Å². The summed E-state index contributed by atoms with van der Waals surface area (Å²) in [6.07, 6.45) is 2.53. The molecule has 0 aliphatic heterocycles. The molecule has 1 aromatic rings. The van der Waals surface area contributed by atoms with Gasteiger partial charge in [-0.15, -0.1) is 0 Å². The van der Waals surface area contributed by atoms with Crippen molar-refractivity contribution >= 4 is 17.3 Å². The van der Waals surface area contributed by atoms with E-state index in [1.165, 1.54) is 18.4 Å². The van der Waals surface area contributed by atoms with Crippen LogP contribution in [0.3, 0.4) is 0 Å². The number of hydrogen-bond acceptors (Lipinski definition) is 1. The van der Waals surface area contributed by atoms with Crippen molar-refractivity contribution in [3.05, 3.63) is 28.3 Å². The molecule has 0 aromatic heterocycles. The van der Waals surface area contributed by atoms with Gasteiger partial charge < -0.3 is 5.73 Å². The summed E-state index contributed by atoms with van der Waals surface area (Å²) in [4.78, 5) is 0. The second-order valence-corrected chi connectivity index (χ2v) is 3.91. The van der Waals surface area contributed by atoms with Crippen LogP contribution in [0.2, 0.25) is 5.02 Å². The number of nitrogen functional groups attached to an aromatic ring is 1. The highest BCUT2D eigenvalue weighted by Crippen LogP contribution is 2.44. The van der Waals surface area contributed by atoms with Crippen molar-refractivity contribution in [3.63, 3.8) is 0 Å². The molecule has 2 N–H and O–H groups in total. The molecule has 2 heteroatoms. The fraction of sp³-hybridized carbons (Fsp3) is 0.400. The van der Waals surface area contributed by atoms with E-state index in [1.54, 1.807) is 0 Å². The van der Waals surface area contributed by atoms with Crippen LogP contribution >= 0.6 is 11.6 Å². The van der Waals surface area contributed by atoms with Gasteiger partial charge >= 0.3 is 0 Å². The zero-order valence-corrected chi connectivity index (χ0v) is 7.86. The van der Waals surface area contributed by atoms with E-state index in [2.05, 4.69) is 0 Å². The molecule has 1 fully saturated rings. The minimum atomic E-state index is 0.681. The zero-order valence-electron chi connectivity index (χ0n) is 7.10. The molecule has 0 unspecified atom stereocenters. The van der Waals surface area contributed by atoms with E-state index < -0.39 is 0 Å². The fourth-order valence-corrected chi connectivity index (χ4v) is 1.79. The van der Waals surface area contributed by atoms with E-state index in [0.29, 0.717) is 5.92 Å². The Labute approximate surface area is 77.5 Å². The lowest BCUT2D eigenvalue weighted by atomic mass is 10.1. The summed E-state index contributed by atoms with van der Waals surface area (Å²) in [5.74, 6) is 0.681. The molecule has 2 rings (SSSR count). The smallest absolute Gasteiger partial charge is 0.0444 e. The summed E-state index contributed by atoms with van der Waals surface area (Å²) in [6.45, 7) is 1.98. The van der Waals surface area contributed by atoms with Crippen molar-refractivity contribution in [2.45, 2.75) is 25.7 Å². The van der Waals surface area contributed by atoms with E-state index >= 15 is 0 Å². The Hall–Kier alpha value is -0.690. The van der Waals surface area contributed by atoms with E-state index in [1.807, 2.05) is 19.1 Å². The predicted molar refractivity (Wildman–Crippen MR) is 52.6 cm³/mol. The van der Waals surface area contributed by atoms with Gasteiger partial charge in [0, 0.05) is 10.7 Å². The van der Waals surface area contributed by atoms with Crippen LogP contribution in [0.4, 0.5) is 5.69 Å². The molecule has 0 saturated heterocycles. The maximum absolute atomic E-state index is 6.08. The number of anilines is 1. The predicted octanol–water partition coefficient (Wildman–Crippen LogP) is 3.11. The van der Waals surface area contributed by atoms with Crippen LogP contribution in [-0.2, 0) is 0 Å². The van der Waals surface area contributed by atoms with Gasteiger partial charge in [-0.05, 0) is 48.9 Å². The maximum Gasteiger partial charge on any atom is 0.0444 e. The molecule has 0 amide bonds. The summed E-state index contributed by atoms with van der Waals surface area (Å²) >= 11 is 6.08. The molecule has 1 aromatic carbocycles. The summed E-state index contributed by atoms with van der Waals surface area (Å²) in [5.41, 5.74) is 8.97. The molecule has 1 saturated carbocycles. The molecule has 0 atom stereocenters. The molecule has 1 aliphatic rings. The zero-order chi connectivity index (χ0) is 8.72. The van der Waals surface area contributed by atoms with Gasteiger partial charge in [-0.25, -0.2) is 0 Å². The normalized spacial score (nSPS) is 16.5. The van der Waals surface area contributed by atoms with Gasteiger partial charge in [-0.2, -0.15) is 0 Å². The van der Waals surface area contributed by atoms with Crippen LogP contribution in [0.5, 0.6) is 0 Å². The number of nitrogens with two attached hydrogens (primary N) is 1. The first kappa shape index (κ1) is 7.93. The first-order chi connectivity index (χ1) is 5.68. The monoisotopic (exact) mass is 181 g/mol. The quantitative estimate of drug-likeness (QED) is 0.662. The van der Waals surface area contributed by atoms with E-state index in [0.717, 1.165) is 16.3 Å². The Balaban J connectivity index is 2.47. The molecule has 1 aliphatic carbocycles. The average Bonchev–Trinajstić information content (AvgIpc) is 2.79. The molecular formula is C10H12ClN. The number of benzene rings is 1. The van der Waals surface area contributed by atoms with Crippen LogP contribution in [0.15, 0.2) is 12.1 Å². The Morgan fingerprint density at radius 3 is 2.67 bits per heavy atom.